The minimum atomic E-state index is 0.460. The lowest BCUT2D eigenvalue weighted by Crippen LogP contribution is -1.82. The number of imidazole rings is 1. The molecule has 82 valence electrons. The van der Waals surface area contributed by atoms with Gasteiger partial charge < -0.3 is 9.72 Å². The first-order valence-electron chi connectivity index (χ1n) is 4.54. The molecule has 0 radical (unpaired) electrons. The first kappa shape index (κ1) is 10.8. The van der Waals surface area contributed by atoms with Gasteiger partial charge in [-0.3, -0.25) is 0 Å². The number of hydrogen-bond acceptors (Lipinski definition) is 4. The molecule has 0 saturated carbocycles. The second-order valence-corrected chi connectivity index (χ2v) is 3.84. The number of rotatable bonds is 3. The van der Waals surface area contributed by atoms with E-state index in [9.17, 15) is 0 Å². The van der Waals surface area contributed by atoms with E-state index in [0.29, 0.717) is 17.4 Å². The number of hydrogen-bond donors (Lipinski definition) is 1. The second kappa shape index (κ2) is 4.89. The lowest BCUT2D eigenvalue weighted by Gasteiger charge is -2.02. The van der Waals surface area contributed by atoms with Gasteiger partial charge in [-0.15, -0.1) is 10.2 Å². The highest BCUT2D eigenvalue weighted by Crippen LogP contribution is 2.31. The van der Waals surface area contributed by atoms with Crippen LogP contribution in [-0.4, -0.2) is 17.1 Å². The molecule has 2 aromatic rings. The van der Waals surface area contributed by atoms with Crippen molar-refractivity contribution in [3.63, 3.8) is 0 Å². The Kier molecular flexibility index (Phi) is 3.31. The standard InChI is InChI=1S/C10H9BrN4O/c1-16-9-3-2-7(11)6-8(9)14-15-10-12-4-5-13-10/h2-6H,1H3,(H,12,13)/b15-14+. The first-order chi connectivity index (χ1) is 7.79. The smallest absolute Gasteiger partial charge is 0.246 e. The van der Waals surface area contributed by atoms with Crippen molar-refractivity contribution in [2.24, 2.45) is 10.2 Å². The molecule has 0 aliphatic rings. The summed E-state index contributed by atoms with van der Waals surface area (Å²) in [6.07, 6.45) is 3.30. The van der Waals surface area contributed by atoms with Gasteiger partial charge in [0, 0.05) is 16.9 Å². The maximum Gasteiger partial charge on any atom is 0.246 e. The molecule has 2 rings (SSSR count). The van der Waals surface area contributed by atoms with Crippen molar-refractivity contribution in [1.29, 1.82) is 0 Å². The topological polar surface area (TPSA) is 62.6 Å². The predicted octanol–water partition coefficient (Wildman–Crippen LogP) is 3.60. The van der Waals surface area contributed by atoms with Gasteiger partial charge in [0.1, 0.15) is 11.4 Å². The van der Waals surface area contributed by atoms with Crippen LogP contribution in [0.5, 0.6) is 5.75 Å². The number of nitrogens with zero attached hydrogens (tertiary/aromatic N) is 3. The Morgan fingerprint density at radius 2 is 2.25 bits per heavy atom. The monoisotopic (exact) mass is 280 g/mol. The Bertz CT molecular complexity index is 496. The van der Waals surface area contributed by atoms with Crippen molar-refractivity contribution in [2.75, 3.05) is 7.11 Å². The molecule has 5 nitrogen and oxygen atoms in total. The van der Waals surface area contributed by atoms with Crippen LogP contribution in [0.3, 0.4) is 0 Å². The molecule has 1 aromatic heterocycles. The zero-order valence-corrected chi connectivity index (χ0v) is 10.1. The molecule has 6 heteroatoms. The number of nitrogens with one attached hydrogen (secondary N) is 1. The van der Waals surface area contributed by atoms with E-state index in [1.165, 1.54) is 0 Å². The molecule has 0 fully saturated rings. The van der Waals surface area contributed by atoms with Crippen molar-refractivity contribution >= 4 is 27.6 Å². The zero-order chi connectivity index (χ0) is 11.4. The lowest BCUT2D eigenvalue weighted by atomic mass is 10.3. The summed E-state index contributed by atoms with van der Waals surface area (Å²) in [7, 11) is 1.59. The Balaban J connectivity index is 2.29. The summed E-state index contributed by atoms with van der Waals surface area (Å²) in [5, 5.41) is 8.00. The van der Waals surface area contributed by atoms with Gasteiger partial charge in [0.15, 0.2) is 0 Å². The Morgan fingerprint density at radius 1 is 1.38 bits per heavy atom. The third-order valence-electron chi connectivity index (χ3n) is 1.88. The van der Waals surface area contributed by atoms with E-state index in [4.69, 9.17) is 4.74 Å². The van der Waals surface area contributed by atoms with Gasteiger partial charge in [0.2, 0.25) is 5.95 Å². The summed E-state index contributed by atoms with van der Waals surface area (Å²) in [5.74, 6) is 1.13. The third kappa shape index (κ3) is 2.46. The number of azo groups is 1. The average Bonchev–Trinajstić information content (AvgIpc) is 2.79. The minimum Gasteiger partial charge on any atom is -0.494 e. The summed E-state index contributed by atoms with van der Waals surface area (Å²) < 4.78 is 6.08. The van der Waals surface area contributed by atoms with Gasteiger partial charge in [-0.05, 0) is 18.2 Å². The van der Waals surface area contributed by atoms with Gasteiger partial charge in [0.25, 0.3) is 0 Å². The molecule has 0 unspecified atom stereocenters. The van der Waals surface area contributed by atoms with Crippen molar-refractivity contribution < 1.29 is 4.74 Å². The van der Waals surface area contributed by atoms with Gasteiger partial charge >= 0.3 is 0 Å². The van der Waals surface area contributed by atoms with Crippen LogP contribution in [0, 0.1) is 0 Å². The SMILES string of the molecule is COc1ccc(Br)cc1/N=N/c1ncc[nH]1. The maximum atomic E-state index is 5.17. The van der Waals surface area contributed by atoms with Gasteiger partial charge in [-0.2, -0.15) is 0 Å². The highest BCUT2D eigenvalue weighted by atomic mass is 79.9. The molecule has 0 saturated heterocycles. The van der Waals surface area contributed by atoms with Gasteiger partial charge in [-0.1, -0.05) is 15.9 Å². The van der Waals surface area contributed by atoms with Gasteiger partial charge in [0.05, 0.1) is 7.11 Å². The zero-order valence-electron chi connectivity index (χ0n) is 8.51. The number of ether oxygens (including phenoxy) is 1. The van der Waals surface area contributed by atoms with E-state index in [1.807, 2.05) is 18.2 Å². The summed E-state index contributed by atoms with van der Waals surface area (Å²) in [4.78, 5) is 6.78. The van der Waals surface area contributed by atoms with Crippen molar-refractivity contribution in [3.05, 3.63) is 35.1 Å². The predicted molar refractivity (Wildman–Crippen MR) is 63.5 cm³/mol. The normalized spacial score (nSPS) is 10.9. The Labute approximate surface area is 101 Å². The Morgan fingerprint density at radius 3 is 2.94 bits per heavy atom. The van der Waals surface area contributed by atoms with Crippen LogP contribution in [-0.2, 0) is 0 Å². The summed E-state index contributed by atoms with van der Waals surface area (Å²) in [6.45, 7) is 0. The molecular weight excluding hydrogens is 272 g/mol. The quantitative estimate of drug-likeness (QED) is 0.874. The van der Waals surface area contributed by atoms with Crippen LogP contribution in [0.2, 0.25) is 0 Å². The first-order valence-corrected chi connectivity index (χ1v) is 5.33. The van der Waals surface area contributed by atoms with E-state index in [0.717, 1.165) is 4.47 Å². The van der Waals surface area contributed by atoms with E-state index in [1.54, 1.807) is 19.5 Å². The highest BCUT2D eigenvalue weighted by molar-refractivity contribution is 9.10. The third-order valence-corrected chi connectivity index (χ3v) is 2.37. The number of methoxy groups -OCH3 is 1. The summed E-state index contributed by atoms with van der Waals surface area (Å²) in [5.41, 5.74) is 0.647. The molecule has 0 aliphatic heterocycles. The van der Waals surface area contributed by atoms with Gasteiger partial charge in [-0.25, -0.2) is 4.98 Å². The van der Waals surface area contributed by atoms with Crippen LogP contribution < -0.4 is 4.74 Å². The number of aromatic amines is 1. The molecule has 0 amide bonds. The molecule has 0 spiro atoms. The molecular formula is C10H9BrN4O. The Hall–Kier alpha value is -1.69. The minimum absolute atomic E-state index is 0.460. The molecule has 0 bridgehead atoms. The molecule has 1 N–H and O–H groups in total. The van der Waals surface area contributed by atoms with E-state index < -0.39 is 0 Å². The van der Waals surface area contributed by atoms with E-state index in [2.05, 4.69) is 36.1 Å². The van der Waals surface area contributed by atoms with Crippen LogP contribution in [0.1, 0.15) is 0 Å². The number of H-pyrrole nitrogens is 1. The molecule has 0 aliphatic carbocycles. The summed E-state index contributed by atoms with van der Waals surface area (Å²) >= 11 is 3.36. The summed E-state index contributed by atoms with van der Waals surface area (Å²) in [6, 6.07) is 5.52. The number of benzene rings is 1. The fourth-order valence-corrected chi connectivity index (χ4v) is 1.50. The fraction of sp³-hybridized carbons (Fsp3) is 0.100. The lowest BCUT2D eigenvalue weighted by molar-refractivity contribution is 0.416. The largest absolute Gasteiger partial charge is 0.494 e. The molecule has 0 atom stereocenters. The molecule has 1 aromatic carbocycles. The average molecular weight is 281 g/mol. The number of aromatic nitrogens is 2. The van der Waals surface area contributed by atoms with Crippen LogP contribution in [0.4, 0.5) is 11.6 Å². The van der Waals surface area contributed by atoms with Crippen LogP contribution >= 0.6 is 15.9 Å². The van der Waals surface area contributed by atoms with Crippen molar-refractivity contribution in [1.82, 2.24) is 9.97 Å². The molecule has 1 heterocycles. The van der Waals surface area contributed by atoms with Crippen LogP contribution in [0.25, 0.3) is 0 Å². The molecule has 16 heavy (non-hydrogen) atoms. The maximum absolute atomic E-state index is 5.17. The fourth-order valence-electron chi connectivity index (χ4n) is 1.15. The van der Waals surface area contributed by atoms with Crippen molar-refractivity contribution in [3.8, 4) is 5.75 Å². The second-order valence-electron chi connectivity index (χ2n) is 2.93. The number of halogens is 1. The highest BCUT2D eigenvalue weighted by Gasteiger charge is 2.02. The van der Waals surface area contributed by atoms with E-state index >= 15 is 0 Å². The van der Waals surface area contributed by atoms with Crippen molar-refractivity contribution in [2.45, 2.75) is 0 Å². The van der Waals surface area contributed by atoms with Crippen LogP contribution in [0.15, 0.2) is 45.3 Å². The van der Waals surface area contributed by atoms with E-state index in [-0.39, 0.29) is 0 Å².